The van der Waals surface area contributed by atoms with Gasteiger partial charge in [-0.3, -0.25) is 4.79 Å². The fourth-order valence-electron chi connectivity index (χ4n) is 2.72. The van der Waals surface area contributed by atoms with Gasteiger partial charge in [0, 0.05) is 28.0 Å². The molecule has 2 heterocycles. The summed E-state index contributed by atoms with van der Waals surface area (Å²) in [4.78, 5) is 22.1. The fraction of sp³-hybridized carbons (Fsp3) is 0.316. The van der Waals surface area contributed by atoms with Gasteiger partial charge in [0.05, 0.1) is 5.75 Å². The minimum Gasteiger partial charge on any atom is -0.325 e. The first-order valence-electron chi connectivity index (χ1n) is 8.99. The third kappa shape index (κ3) is 4.90. The van der Waals surface area contributed by atoms with Crippen molar-refractivity contribution < 1.29 is 4.79 Å². The van der Waals surface area contributed by atoms with E-state index in [9.17, 15) is 4.79 Å². The highest BCUT2D eigenvalue weighted by atomic mass is 32.2. The van der Waals surface area contributed by atoms with Crippen molar-refractivity contribution in [3.63, 3.8) is 0 Å². The van der Waals surface area contributed by atoms with Crippen LogP contribution < -0.4 is 5.32 Å². The lowest BCUT2D eigenvalue weighted by molar-refractivity contribution is -0.113. The zero-order chi connectivity index (χ0) is 19.5. The molecule has 1 N–H and O–H groups in total. The maximum atomic E-state index is 12.2. The number of carbonyl (C=O) groups excluding carboxylic acids is 1. The van der Waals surface area contributed by atoms with E-state index in [4.69, 9.17) is 0 Å². The summed E-state index contributed by atoms with van der Waals surface area (Å²) in [6, 6.07) is 10.1. The van der Waals surface area contributed by atoms with E-state index in [2.05, 4.69) is 30.0 Å². The van der Waals surface area contributed by atoms with Gasteiger partial charge in [-0.2, -0.15) is 0 Å². The van der Waals surface area contributed by atoms with Crippen LogP contribution in [0.3, 0.4) is 0 Å². The van der Waals surface area contributed by atoms with Crippen LogP contribution in [0.15, 0.2) is 51.9 Å². The Bertz CT molecular complexity index is 964. The third-order valence-corrected chi connectivity index (χ3v) is 5.95. The largest absolute Gasteiger partial charge is 0.325 e. The number of aromatic nitrogens is 5. The molecule has 0 atom stereocenters. The zero-order valence-corrected chi connectivity index (χ0v) is 17.3. The molecule has 3 aromatic rings. The number of anilines is 1. The SMILES string of the molecule is Cc1cc(C)nc(Sc2ccc(NC(=O)CSc3nncn3C3CC3)cc2)n1. The van der Waals surface area contributed by atoms with Crippen LogP contribution >= 0.6 is 23.5 Å². The smallest absolute Gasteiger partial charge is 0.234 e. The van der Waals surface area contributed by atoms with Crippen LogP contribution in [0, 0.1) is 13.8 Å². The van der Waals surface area contributed by atoms with Crippen molar-refractivity contribution in [3.8, 4) is 0 Å². The quantitative estimate of drug-likeness (QED) is 0.465. The van der Waals surface area contributed by atoms with E-state index in [-0.39, 0.29) is 5.91 Å². The molecule has 1 saturated carbocycles. The third-order valence-electron chi connectivity index (χ3n) is 4.12. The average Bonchev–Trinajstić information content (AvgIpc) is 3.39. The molecule has 144 valence electrons. The average molecular weight is 413 g/mol. The number of nitrogens with one attached hydrogen (secondary N) is 1. The number of amides is 1. The van der Waals surface area contributed by atoms with E-state index in [0.717, 1.165) is 45.1 Å². The fourth-order valence-corrected chi connectivity index (χ4v) is 4.36. The summed E-state index contributed by atoms with van der Waals surface area (Å²) in [5.41, 5.74) is 2.67. The Morgan fingerprint density at radius 3 is 2.57 bits per heavy atom. The molecule has 1 aliphatic rings. The van der Waals surface area contributed by atoms with Gasteiger partial charge in [0.25, 0.3) is 0 Å². The monoisotopic (exact) mass is 412 g/mol. The maximum absolute atomic E-state index is 12.2. The van der Waals surface area contributed by atoms with Crippen LogP contribution in [0.4, 0.5) is 5.69 Å². The molecule has 0 bridgehead atoms. The second-order valence-corrected chi connectivity index (χ2v) is 8.63. The molecule has 0 saturated heterocycles. The summed E-state index contributed by atoms with van der Waals surface area (Å²) in [5.74, 6) is 0.242. The van der Waals surface area contributed by atoms with Gasteiger partial charge in [0.1, 0.15) is 6.33 Å². The van der Waals surface area contributed by atoms with Gasteiger partial charge in [0.15, 0.2) is 10.3 Å². The van der Waals surface area contributed by atoms with E-state index in [1.165, 1.54) is 23.5 Å². The van der Waals surface area contributed by atoms with Crippen molar-refractivity contribution in [2.24, 2.45) is 0 Å². The van der Waals surface area contributed by atoms with Crippen molar-refractivity contribution in [2.45, 2.75) is 47.9 Å². The van der Waals surface area contributed by atoms with Crippen molar-refractivity contribution in [1.82, 2.24) is 24.7 Å². The predicted molar refractivity (Wildman–Crippen MR) is 110 cm³/mol. The minimum atomic E-state index is -0.0617. The molecule has 1 aliphatic carbocycles. The number of thioether (sulfide) groups is 1. The number of hydrogen-bond acceptors (Lipinski definition) is 7. The molecular weight excluding hydrogens is 392 g/mol. The molecular formula is C19H20N6OS2. The predicted octanol–water partition coefficient (Wildman–Crippen LogP) is 3.90. The first-order valence-corrected chi connectivity index (χ1v) is 10.8. The standard InChI is InChI=1S/C19H20N6OS2/c1-12-9-13(2)22-18(21-12)28-16-7-3-14(4-8-16)23-17(26)10-27-19-24-20-11-25(19)15-5-6-15/h3-4,7-9,11,15H,5-6,10H2,1-2H3,(H,23,26). The lowest BCUT2D eigenvalue weighted by atomic mass is 10.3. The van der Waals surface area contributed by atoms with E-state index in [1.807, 2.05) is 44.2 Å². The van der Waals surface area contributed by atoms with Crippen LogP contribution in [0.2, 0.25) is 0 Å². The molecule has 28 heavy (non-hydrogen) atoms. The molecule has 2 aromatic heterocycles. The number of rotatable bonds is 7. The van der Waals surface area contributed by atoms with Gasteiger partial charge in [-0.25, -0.2) is 9.97 Å². The number of carbonyl (C=O) groups is 1. The van der Waals surface area contributed by atoms with E-state index in [0.29, 0.717) is 11.8 Å². The van der Waals surface area contributed by atoms with Gasteiger partial charge in [0.2, 0.25) is 5.91 Å². The Balaban J connectivity index is 1.31. The van der Waals surface area contributed by atoms with E-state index in [1.54, 1.807) is 6.33 Å². The molecule has 1 aromatic carbocycles. The van der Waals surface area contributed by atoms with E-state index >= 15 is 0 Å². The summed E-state index contributed by atoms with van der Waals surface area (Å²) in [6.45, 7) is 3.92. The first-order chi connectivity index (χ1) is 13.6. The Morgan fingerprint density at radius 2 is 1.89 bits per heavy atom. The molecule has 7 nitrogen and oxygen atoms in total. The Labute approximate surface area is 171 Å². The topological polar surface area (TPSA) is 85.6 Å². The Morgan fingerprint density at radius 1 is 1.18 bits per heavy atom. The highest BCUT2D eigenvalue weighted by Crippen LogP contribution is 2.37. The number of hydrogen-bond donors (Lipinski definition) is 1. The molecule has 4 rings (SSSR count). The number of benzene rings is 1. The van der Waals surface area contributed by atoms with Crippen LogP contribution in [0.5, 0.6) is 0 Å². The normalized spacial score (nSPS) is 13.5. The highest BCUT2D eigenvalue weighted by molar-refractivity contribution is 7.99. The van der Waals surface area contributed by atoms with Crippen molar-refractivity contribution in [3.05, 3.63) is 48.0 Å². The molecule has 0 unspecified atom stereocenters. The summed E-state index contributed by atoms with van der Waals surface area (Å²) >= 11 is 2.92. The Hall–Kier alpha value is -2.39. The molecule has 1 amide bonds. The van der Waals surface area contributed by atoms with Crippen LogP contribution in [-0.4, -0.2) is 36.4 Å². The van der Waals surface area contributed by atoms with Crippen molar-refractivity contribution in [2.75, 3.05) is 11.1 Å². The summed E-state index contributed by atoms with van der Waals surface area (Å²) in [5, 5.41) is 12.5. The van der Waals surface area contributed by atoms with Crippen molar-refractivity contribution in [1.29, 1.82) is 0 Å². The van der Waals surface area contributed by atoms with Crippen LogP contribution in [0.25, 0.3) is 0 Å². The first kappa shape index (κ1) is 18.9. The van der Waals surface area contributed by atoms with Crippen LogP contribution in [-0.2, 0) is 4.79 Å². The lowest BCUT2D eigenvalue weighted by Crippen LogP contribution is -2.14. The zero-order valence-electron chi connectivity index (χ0n) is 15.6. The molecule has 1 fully saturated rings. The van der Waals surface area contributed by atoms with Gasteiger partial charge >= 0.3 is 0 Å². The van der Waals surface area contributed by atoms with Gasteiger partial charge < -0.3 is 9.88 Å². The second kappa shape index (κ2) is 8.32. The number of nitrogens with zero attached hydrogens (tertiary/aromatic N) is 5. The highest BCUT2D eigenvalue weighted by Gasteiger charge is 2.26. The lowest BCUT2D eigenvalue weighted by Gasteiger charge is -2.07. The molecule has 0 radical (unpaired) electrons. The van der Waals surface area contributed by atoms with Crippen LogP contribution in [0.1, 0.15) is 30.3 Å². The van der Waals surface area contributed by atoms with Gasteiger partial charge in [-0.15, -0.1) is 10.2 Å². The minimum absolute atomic E-state index is 0.0617. The van der Waals surface area contributed by atoms with Crippen molar-refractivity contribution >= 4 is 35.1 Å². The molecule has 0 spiro atoms. The summed E-state index contributed by atoms with van der Waals surface area (Å²) < 4.78 is 2.05. The summed E-state index contributed by atoms with van der Waals surface area (Å²) in [6.07, 6.45) is 4.07. The second-order valence-electron chi connectivity index (χ2n) is 6.65. The summed E-state index contributed by atoms with van der Waals surface area (Å²) in [7, 11) is 0. The maximum Gasteiger partial charge on any atom is 0.234 e. The van der Waals surface area contributed by atoms with Gasteiger partial charge in [-0.05, 0) is 68.8 Å². The van der Waals surface area contributed by atoms with Gasteiger partial charge in [-0.1, -0.05) is 11.8 Å². The van der Waals surface area contributed by atoms with E-state index < -0.39 is 0 Å². The molecule has 0 aliphatic heterocycles. The Kier molecular flexibility index (Phi) is 5.63. The number of aryl methyl sites for hydroxylation is 2. The molecule has 9 heteroatoms.